The summed E-state index contributed by atoms with van der Waals surface area (Å²) in [7, 11) is 0. The number of anilines is 1. The Hall–Kier alpha value is -1.76. The van der Waals surface area contributed by atoms with Gasteiger partial charge in [-0.1, -0.05) is 0 Å². The Kier molecular flexibility index (Phi) is 3.55. The summed E-state index contributed by atoms with van der Waals surface area (Å²) in [5, 5.41) is 3.17. The molecular formula is C15H16F3NO3. The van der Waals surface area contributed by atoms with E-state index in [4.69, 9.17) is 9.47 Å². The number of halogens is 3. The summed E-state index contributed by atoms with van der Waals surface area (Å²) in [5.41, 5.74) is 0.405. The van der Waals surface area contributed by atoms with E-state index >= 15 is 0 Å². The van der Waals surface area contributed by atoms with Crippen molar-refractivity contribution < 1.29 is 27.4 Å². The molecule has 7 heteroatoms. The molecule has 4 nitrogen and oxygen atoms in total. The van der Waals surface area contributed by atoms with E-state index in [9.17, 15) is 18.0 Å². The third-order valence-electron chi connectivity index (χ3n) is 4.07. The monoisotopic (exact) mass is 315 g/mol. The van der Waals surface area contributed by atoms with E-state index in [-0.39, 0.29) is 12.1 Å². The van der Waals surface area contributed by atoms with Crippen molar-refractivity contribution >= 4 is 11.7 Å². The molecular weight excluding hydrogens is 299 g/mol. The maximum atomic E-state index is 12.8. The van der Waals surface area contributed by atoms with E-state index in [0.29, 0.717) is 17.7 Å². The van der Waals surface area contributed by atoms with Crippen LogP contribution in [0.25, 0.3) is 0 Å². The smallest absolute Gasteiger partial charge is 0.416 e. The first-order chi connectivity index (χ1) is 10.3. The molecule has 1 aromatic rings. The highest BCUT2D eigenvalue weighted by atomic mass is 19.4. The number of ether oxygens (including phenoxy) is 2. The van der Waals surface area contributed by atoms with Crippen molar-refractivity contribution in [1.82, 2.24) is 0 Å². The number of hydrogen-bond donors (Lipinski definition) is 1. The zero-order valence-corrected chi connectivity index (χ0v) is 12.1. The fourth-order valence-electron chi connectivity index (χ4n) is 3.13. The van der Waals surface area contributed by atoms with Crippen LogP contribution in [0.4, 0.5) is 18.9 Å². The van der Waals surface area contributed by atoms with E-state index < -0.39 is 29.9 Å². The van der Waals surface area contributed by atoms with Gasteiger partial charge in [-0.2, -0.15) is 13.2 Å². The molecule has 2 aliphatic heterocycles. The predicted octanol–water partition coefficient (Wildman–Crippen LogP) is 3.28. The molecule has 2 heterocycles. The first-order valence-corrected chi connectivity index (χ1v) is 7.06. The number of benzene rings is 1. The van der Waals surface area contributed by atoms with Gasteiger partial charge in [-0.15, -0.1) is 0 Å². The fraction of sp³-hybridized carbons (Fsp3) is 0.533. The molecule has 0 spiro atoms. The van der Waals surface area contributed by atoms with Gasteiger partial charge in [-0.3, -0.25) is 4.79 Å². The van der Waals surface area contributed by atoms with Crippen LogP contribution in [0, 0.1) is 0 Å². The van der Waals surface area contributed by atoms with Crippen molar-refractivity contribution in [2.45, 2.75) is 50.8 Å². The van der Waals surface area contributed by atoms with E-state index in [0.717, 1.165) is 12.1 Å². The standard InChI is InChI=1S/C15H16F3NO3/c1-7-14(22-8(2)20)12-6-13(21-7)10-5-9(15(16,17)18)3-4-11(10)19-12/h3-5,7,12-14,19H,6H2,1-2H3/t7-,12-,13-,14-/m0/s1. The number of rotatable bonds is 1. The number of hydrogen-bond acceptors (Lipinski definition) is 4. The molecule has 0 unspecified atom stereocenters. The van der Waals surface area contributed by atoms with Crippen LogP contribution in [0.5, 0.6) is 0 Å². The van der Waals surface area contributed by atoms with Crippen molar-refractivity contribution in [3.63, 3.8) is 0 Å². The molecule has 0 aromatic heterocycles. The van der Waals surface area contributed by atoms with Gasteiger partial charge < -0.3 is 14.8 Å². The number of carbonyl (C=O) groups is 1. The van der Waals surface area contributed by atoms with Crippen LogP contribution in [-0.4, -0.2) is 24.2 Å². The minimum absolute atomic E-state index is 0.165. The maximum absolute atomic E-state index is 12.8. The summed E-state index contributed by atoms with van der Waals surface area (Å²) in [6, 6.07) is 3.41. The van der Waals surface area contributed by atoms with Crippen LogP contribution >= 0.6 is 0 Å². The Morgan fingerprint density at radius 1 is 1.41 bits per heavy atom. The molecule has 1 N–H and O–H groups in total. The van der Waals surface area contributed by atoms with Crippen LogP contribution in [0.15, 0.2) is 18.2 Å². The Labute approximate surface area is 125 Å². The zero-order valence-electron chi connectivity index (χ0n) is 12.1. The van der Waals surface area contributed by atoms with Crippen LogP contribution in [-0.2, 0) is 20.4 Å². The van der Waals surface area contributed by atoms with Gasteiger partial charge in [0.15, 0.2) is 0 Å². The second kappa shape index (κ2) is 5.15. The number of esters is 1. The molecule has 120 valence electrons. The van der Waals surface area contributed by atoms with Crippen LogP contribution < -0.4 is 5.32 Å². The topological polar surface area (TPSA) is 47.6 Å². The van der Waals surface area contributed by atoms with E-state index in [1.54, 1.807) is 6.92 Å². The van der Waals surface area contributed by atoms with Crippen molar-refractivity contribution in [3.05, 3.63) is 29.3 Å². The highest BCUT2D eigenvalue weighted by Crippen LogP contribution is 2.44. The molecule has 1 fully saturated rings. The van der Waals surface area contributed by atoms with Gasteiger partial charge >= 0.3 is 12.1 Å². The van der Waals surface area contributed by atoms with Gasteiger partial charge in [-0.25, -0.2) is 0 Å². The molecule has 0 aliphatic carbocycles. The van der Waals surface area contributed by atoms with E-state index in [1.165, 1.54) is 13.0 Å². The molecule has 0 radical (unpaired) electrons. The highest BCUT2D eigenvalue weighted by molar-refractivity contribution is 5.66. The Morgan fingerprint density at radius 2 is 2.14 bits per heavy atom. The third-order valence-corrected chi connectivity index (χ3v) is 4.07. The fourth-order valence-corrected chi connectivity index (χ4v) is 3.13. The lowest BCUT2D eigenvalue weighted by Crippen LogP contribution is -2.52. The maximum Gasteiger partial charge on any atom is 0.416 e. The van der Waals surface area contributed by atoms with Gasteiger partial charge in [0.1, 0.15) is 6.10 Å². The van der Waals surface area contributed by atoms with Gasteiger partial charge in [0.05, 0.1) is 23.8 Å². The van der Waals surface area contributed by atoms with Gasteiger partial charge in [0, 0.05) is 24.6 Å². The van der Waals surface area contributed by atoms with Crippen molar-refractivity contribution in [3.8, 4) is 0 Å². The third kappa shape index (κ3) is 2.65. The summed E-state index contributed by atoms with van der Waals surface area (Å²) in [6.45, 7) is 3.08. The zero-order chi connectivity index (χ0) is 16.1. The summed E-state index contributed by atoms with van der Waals surface area (Å²) in [5.74, 6) is -0.404. The van der Waals surface area contributed by atoms with Crippen molar-refractivity contribution in [2.24, 2.45) is 0 Å². The Balaban J connectivity index is 1.92. The minimum atomic E-state index is -4.38. The average molecular weight is 315 g/mol. The predicted molar refractivity (Wildman–Crippen MR) is 72.3 cm³/mol. The van der Waals surface area contributed by atoms with Crippen LogP contribution in [0.1, 0.15) is 37.5 Å². The molecule has 0 saturated carbocycles. The van der Waals surface area contributed by atoms with Crippen LogP contribution in [0.3, 0.4) is 0 Å². The second-order valence-corrected chi connectivity index (χ2v) is 5.69. The van der Waals surface area contributed by atoms with Gasteiger partial charge in [0.25, 0.3) is 0 Å². The van der Waals surface area contributed by atoms with Crippen molar-refractivity contribution in [1.29, 1.82) is 0 Å². The first kappa shape index (κ1) is 15.1. The molecule has 4 atom stereocenters. The molecule has 22 heavy (non-hydrogen) atoms. The van der Waals surface area contributed by atoms with Crippen molar-refractivity contribution in [2.75, 3.05) is 5.32 Å². The lowest BCUT2D eigenvalue weighted by Gasteiger charge is -2.45. The summed E-state index contributed by atoms with van der Waals surface area (Å²) >= 11 is 0. The Bertz CT molecular complexity index is 602. The summed E-state index contributed by atoms with van der Waals surface area (Å²) in [4.78, 5) is 11.2. The molecule has 2 aliphatic rings. The minimum Gasteiger partial charge on any atom is -0.458 e. The summed E-state index contributed by atoms with van der Waals surface area (Å²) in [6.07, 6.45) is -5.18. The lowest BCUT2D eigenvalue weighted by molar-refractivity contribution is -0.171. The largest absolute Gasteiger partial charge is 0.458 e. The number of nitrogens with one attached hydrogen (secondary N) is 1. The second-order valence-electron chi connectivity index (χ2n) is 5.69. The summed E-state index contributed by atoms with van der Waals surface area (Å²) < 4.78 is 49.6. The Morgan fingerprint density at radius 3 is 2.77 bits per heavy atom. The first-order valence-electron chi connectivity index (χ1n) is 7.06. The molecule has 2 bridgehead atoms. The molecule has 1 saturated heterocycles. The van der Waals surface area contributed by atoms with Crippen LogP contribution in [0.2, 0.25) is 0 Å². The average Bonchev–Trinajstić information content (AvgIpc) is 2.41. The number of carbonyl (C=O) groups excluding carboxylic acids is 1. The lowest BCUT2D eigenvalue weighted by atomic mass is 9.86. The van der Waals surface area contributed by atoms with Gasteiger partial charge in [0.2, 0.25) is 0 Å². The molecule has 0 amide bonds. The SMILES string of the molecule is CC(=O)O[C@@H]1[C@@H]2C[C@H](O[C@H]1C)c1cc(C(F)(F)F)ccc1N2. The quantitative estimate of drug-likeness (QED) is 0.808. The van der Waals surface area contributed by atoms with E-state index in [1.807, 2.05) is 0 Å². The number of alkyl halides is 3. The molecule has 1 aromatic carbocycles. The van der Waals surface area contributed by atoms with E-state index in [2.05, 4.69) is 5.32 Å². The number of fused-ring (bicyclic) bond motifs is 4. The molecule has 3 rings (SSSR count). The normalized spacial score (nSPS) is 30.2. The van der Waals surface area contributed by atoms with Gasteiger partial charge in [-0.05, 0) is 25.1 Å². The highest BCUT2D eigenvalue weighted by Gasteiger charge is 2.43.